The first-order chi connectivity index (χ1) is 29.5. The summed E-state index contributed by atoms with van der Waals surface area (Å²) in [4.78, 5) is 2.47. The van der Waals surface area contributed by atoms with Gasteiger partial charge in [0.25, 0.3) is 0 Å². The fourth-order valence-corrected chi connectivity index (χ4v) is 10.7. The van der Waals surface area contributed by atoms with Crippen LogP contribution in [0, 0.1) is 0 Å². The van der Waals surface area contributed by atoms with Crippen molar-refractivity contribution in [3.05, 3.63) is 246 Å². The van der Waals surface area contributed by atoms with E-state index >= 15 is 0 Å². The Morgan fingerprint density at radius 1 is 0.350 bits per heavy atom. The summed E-state index contributed by atoms with van der Waals surface area (Å²) < 4.78 is 6.37. The van der Waals surface area contributed by atoms with Crippen molar-refractivity contribution in [1.82, 2.24) is 0 Å². The molecule has 0 N–H and O–H groups in total. The molecule has 60 heavy (non-hydrogen) atoms. The summed E-state index contributed by atoms with van der Waals surface area (Å²) in [5.41, 5.74) is 19.8. The van der Waals surface area contributed by atoms with E-state index in [0.29, 0.717) is 0 Å². The zero-order valence-electron chi connectivity index (χ0n) is 33.6. The van der Waals surface area contributed by atoms with E-state index in [2.05, 4.69) is 225 Å². The lowest BCUT2D eigenvalue weighted by Gasteiger charge is -2.31. The molecule has 0 bridgehead atoms. The van der Waals surface area contributed by atoms with Crippen LogP contribution in [0.1, 0.15) is 47.2 Å². The van der Waals surface area contributed by atoms with E-state index < -0.39 is 0 Å². The maximum atomic E-state index is 6.37. The lowest BCUT2D eigenvalue weighted by atomic mass is 9.74. The molecule has 2 atom stereocenters. The van der Waals surface area contributed by atoms with Gasteiger partial charge in [0.2, 0.25) is 0 Å². The largest absolute Gasteiger partial charge is 0.456 e. The first kappa shape index (κ1) is 34.6. The predicted octanol–water partition coefficient (Wildman–Crippen LogP) is 15.4. The highest BCUT2D eigenvalue weighted by Crippen LogP contribution is 2.56. The van der Waals surface area contributed by atoms with E-state index in [1.165, 1.54) is 55.6 Å². The highest BCUT2D eigenvalue weighted by molar-refractivity contribution is 6.12. The Kier molecular flexibility index (Phi) is 7.52. The van der Waals surface area contributed by atoms with Gasteiger partial charge in [-0.25, -0.2) is 0 Å². The van der Waals surface area contributed by atoms with Gasteiger partial charge < -0.3 is 9.32 Å². The normalized spacial score (nSPS) is 17.3. The van der Waals surface area contributed by atoms with Gasteiger partial charge in [0.15, 0.2) is 0 Å². The fraction of sp³-hybridized carbons (Fsp3) is 0.0690. The summed E-state index contributed by atoms with van der Waals surface area (Å²) in [7, 11) is 0. The second-order valence-corrected chi connectivity index (χ2v) is 16.7. The molecule has 1 heterocycles. The average Bonchev–Trinajstić information content (AvgIpc) is 3.91. The predicted molar refractivity (Wildman–Crippen MR) is 249 cm³/mol. The average molecular weight is 768 g/mol. The molecule has 2 nitrogen and oxygen atoms in total. The van der Waals surface area contributed by atoms with E-state index in [1.807, 2.05) is 6.07 Å². The van der Waals surface area contributed by atoms with Gasteiger partial charge in [0, 0.05) is 38.7 Å². The molecule has 12 rings (SSSR count). The monoisotopic (exact) mass is 767 g/mol. The Morgan fingerprint density at radius 2 is 0.867 bits per heavy atom. The molecule has 0 amide bonds. The van der Waals surface area contributed by atoms with Gasteiger partial charge in [-0.05, 0) is 129 Å². The molecule has 0 saturated carbocycles. The minimum Gasteiger partial charge on any atom is -0.456 e. The molecule has 1 aromatic heterocycles. The van der Waals surface area contributed by atoms with Gasteiger partial charge >= 0.3 is 0 Å². The summed E-state index contributed by atoms with van der Waals surface area (Å²) in [6.45, 7) is 4.78. The van der Waals surface area contributed by atoms with Crippen molar-refractivity contribution in [1.29, 1.82) is 0 Å². The molecule has 0 fully saturated rings. The van der Waals surface area contributed by atoms with E-state index in [4.69, 9.17) is 4.42 Å². The minimum absolute atomic E-state index is 0.278. The topological polar surface area (TPSA) is 16.4 Å². The molecule has 0 saturated heterocycles. The van der Waals surface area contributed by atoms with Gasteiger partial charge in [-0.3, -0.25) is 0 Å². The van der Waals surface area contributed by atoms with Crippen molar-refractivity contribution in [3.63, 3.8) is 0 Å². The molecule has 0 spiro atoms. The van der Waals surface area contributed by atoms with Gasteiger partial charge in [-0.1, -0.05) is 164 Å². The molecular weight excluding hydrogens is 727 g/mol. The molecule has 284 valence electrons. The summed E-state index contributed by atoms with van der Waals surface area (Å²) in [6.07, 6.45) is 0. The summed E-state index contributed by atoms with van der Waals surface area (Å²) in [6, 6.07) is 77.9. The molecule has 10 aromatic rings. The van der Waals surface area contributed by atoms with Gasteiger partial charge in [0.1, 0.15) is 11.2 Å². The van der Waals surface area contributed by atoms with Gasteiger partial charge in [-0.2, -0.15) is 0 Å². The number of furan rings is 1. The summed E-state index contributed by atoms with van der Waals surface area (Å²) >= 11 is 0. The van der Waals surface area contributed by atoms with Gasteiger partial charge in [0.05, 0.1) is 0 Å². The van der Waals surface area contributed by atoms with Crippen molar-refractivity contribution in [2.45, 2.75) is 24.7 Å². The van der Waals surface area contributed by atoms with Crippen molar-refractivity contribution >= 4 is 39.0 Å². The number of fused-ring (bicyclic) bond motifs is 9. The quantitative estimate of drug-likeness (QED) is 0.168. The van der Waals surface area contributed by atoms with Crippen molar-refractivity contribution in [2.24, 2.45) is 0 Å². The SMILES string of the molecule is CC1(c2ccccc2)c2ccccc2-c2cc(N(c3cccc(-c4cccc5oc6ccccc6c45)c3)c3ccc4c(c3)C(C)(c3ccccc3)c3ccccc3-4)ccc21. The Hall–Kier alpha value is -7.42. The minimum atomic E-state index is -0.330. The lowest BCUT2D eigenvalue weighted by molar-refractivity contribution is 0.669. The number of para-hydroxylation sites is 1. The molecule has 9 aromatic carbocycles. The zero-order valence-corrected chi connectivity index (χ0v) is 33.6. The third-order valence-electron chi connectivity index (χ3n) is 13.6. The van der Waals surface area contributed by atoms with E-state index in [9.17, 15) is 0 Å². The highest BCUT2D eigenvalue weighted by atomic mass is 16.3. The third-order valence-corrected chi connectivity index (χ3v) is 13.6. The number of hydrogen-bond acceptors (Lipinski definition) is 2. The van der Waals surface area contributed by atoms with Crippen LogP contribution in [-0.4, -0.2) is 0 Å². The first-order valence-electron chi connectivity index (χ1n) is 20.9. The lowest BCUT2D eigenvalue weighted by Crippen LogP contribution is -2.23. The summed E-state index contributed by atoms with van der Waals surface area (Å²) in [5.74, 6) is 0. The number of nitrogens with zero attached hydrogens (tertiary/aromatic N) is 1. The second kappa shape index (κ2) is 13.0. The second-order valence-electron chi connectivity index (χ2n) is 16.7. The van der Waals surface area contributed by atoms with Crippen LogP contribution in [0.2, 0.25) is 0 Å². The maximum absolute atomic E-state index is 6.37. The Balaban J connectivity index is 1.09. The highest BCUT2D eigenvalue weighted by Gasteiger charge is 2.42. The van der Waals surface area contributed by atoms with Crippen LogP contribution in [0.25, 0.3) is 55.3 Å². The number of hydrogen-bond donors (Lipinski definition) is 0. The number of anilines is 3. The summed E-state index contributed by atoms with van der Waals surface area (Å²) in [5, 5.41) is 2.27. The smallest absolute Gasteiger partial charge is 0.136 e. The number of benzene rings is 9. The molecule has 0 aliphatic heterocycles. The van der Waals surface area contributed by atoms with E-state index in [1.54, 1.807) is 0 Å². The Labute approximate surface area is 350 Å². The standard InChI is InChI=1S/C58H41NO/c1-57(39-18-5-3-6-19-39)51-28-13-10-24-46(51)49-36-42(32-34-52(49)57)59(41-22-15-17-38(35-41)44-26-16-30-55-56(44)48-25-11-14-29-54(48)60-55)43-31-33-47-45-23-9-12-27-50(45)58(2,53(47)37-43)40-20-7-4-8-21-40/h3-37H,1-2H3. The molecule has 2 unspecified atom stereocenters. The van der Waals surface area contributed by atoms with Crippen LogP contribution in [-0.2, 0) is 10.8 Å². The first-order valence-corrected chi connectivity index (χ1v) is 20.9. The molecule has 2 aliphatic carbocycles. The maximum Gasteiger partial charge on any atom is 0.136 e. The van der Waals surface area contributed by atoms with Crippen molar-refractivity contribution in [2.75, 3.05) is 4.90 Å². The molecule has 2 heteroatoms. The van der Waals surface area contributed by atoms with Crippen LogP contribution in [0.15, 0.2) is 217 Å². The molecule has 0 radical (unpaired) electrons. The van der Waals surface area contributed by atoms with Crippen LogP contribution in [0.4, 0.5) is 17.1 Å². The van der Waals surface area contributed by atoms with E-state index in [0.717, 1.165) is 50.1 Å². The Morgan fingerprint density at radius 3 is 1.62 bits per heavy atom. The molecule has 2 aliphatic rings. The van der Waals surface area contributed by atoms with Crippen LogP contribution in [0.5, 0.6) is 0 Å². The van der Waals surface area contributed by atoms with Crippen LogP contribution < -0.4 is 4.90 Å². The Bertz CT molecular complexity index is 3310. The van der Waals surface area contributed by atoms with Gasteiger partial charge in [-0.15, -0.1) is 0 Å². The zero-order chi connectivity index (χ0) is 40.0. The van der Waals surface area contributed by atoms with Crippen molar-refractivity contribution in [3.8, 4) is 33.4 Å². The fourth-order valence-electron chi connectivity index (χ4n) is 10.7. The number of rotatable bonds is 6. The van der Waals surface area contributed by atoms with E-state index in [-0.39, 0.29) is 10.8 Å². The molecular formula is C58H41NO. The third kappa shape index (κ3) is 4.88. The van der Waals surface area contributed by atoms with Crippen molar-refractivity contribution < 1.29 is 4.42 Å². The van der Waals surface area contributed by atoms with Crippen LogP contribution in [0.3, 0.4) is 0 Å². The van der Waals surface area contributed by atoms with Crippen LogP contribution >= 0.6 is 0 Å².